The minimum absolute atomic E-state index is 0.268. The molecule has 7 heteroatoms. The predicted octanol–water partition coefficient (Wildman–Crippen LogP) is 1.03. The zero-order chi connectivity index (χ0) is 17.1. The third-order valence-electron chi connectivity index (χ3n) is 3.73. The van der Waals surface area contributed by atoms with E-state index in [1.54, 1.807) is 43.6 Å². The lowest BCUT2D eigenvalue weighted by atomic mass is 10.1. The van der Waals surface area contributed by atoms with Gasteiger partial charge in [-0.25, -0.2) is 0 Å². The fourth-order valence-electron chi connectivity index (χ4n) is 2.52. The van der Waals surface area contributed by atoms with Crippen molar-refractivity contribution < 1.29 is 4.79 Å². The SMILES string of the molecule is CCn1c(=O)c(=O)[nH]c2cc(C(=O)NCc3cccnc3)ccc21. The van der Waals surface area contributed by atoms with E-state index >= 15 is 0 Å². The van der Waals surface area contributed by atoms with Gasteiger partial charge in [-0.3, -0.25) is 19.4 Å². The lowest BCUT2D eigenvalue weighted by Gasteiger charge is -2.09. The fourth-order valence-corrected chi connectivity index (χ4v) is 2.52. The van der Waals surface area contributed by atoms with Crippen LogP contribution in [0.5, 0.6) is 0 Å². The number of rotatable bonds is 4. The number of pyridine rings is 1. The lowest BCUT2D eigenvalue weighted by Crippen LogP contribution is -2.36. The van der Waals surface area contributed by atoms with E-state index in [1.165, 1.54) is 4.57 Å². The Balaban J connectivity index is 1.90. The van der Waals surface area contributed by atoms with Crippen LogP contribution in [0.25, 0.3) is 11.0 Å². The number of nitrogens with zero attached hydrogens (tertiary/aromatic N) is 2. The van der Waals surface area contributed by atoms with Crippen molar-refractivity contribution in [2.24, 2.45) is 0 Å². The van der Waals surface area contributed by atoms with E-state index in [4.69, 9.17) is 0 Å². The van der Waals surface area contributed by atoms with Gasteiger partial charge < -0.3 is 14.9 Å². The molecule has 0 aliphatic carbocycles. The van der Waals surface area contributed by atoms with Crippen molar-refractivity contribution >= 4 is 16.9 Å². The van der Waals surface area contributed by atoms with E-state index < -0.39 is 11.1 Å². The van der Waals surface area contributed by atoms with Gasteiger partial charge in [-0.05, 0) is 36.8 Å². The smallest absolute Gasteiger partial charge is 0.316 e. The molecule has 7 nitrogen and oxygen atoms in total. The molecule has 0 aliphatic heterocycles. The Morgan fingerprint density at radius 3 is 2.83 bits per heavy atom. The molecule has 0 aliphatic rings. The highest BCUT2D eigenvalue weighted by Gasteiger charge is 2.10. The summed E-state index contributed by atoms with van der Waals surface area (Å²) in [6.07, 6.45) is 3.34. The quantitative estimate of drug-likeness (QED) is 0.701. The fraction of sp³-hybridized carbons (Fsp3) is 0.176. The molecule has 0 bridgehead atoms. The molecule has 0 radical (unpaired) electrons. The summed E-state index contributed by atoms with van der Waals surface area (Å²) in [4.78, 5) is 42.3. The van der Waals surface area contributed by atoms with Gasteiger partial charge in [-0.15, -0.1) is 0 Å². The van der Waals surface area contributed by atoms with Crippen LogP contribution in [0, 0.1) is 0 Å². The lowest BCUT2D eigenvalue weighted by molar-refractivity contribution is 0.0951. The molecule has 2 N–H and O–H groups in total. The maximum atomic E-state index is 12.3. The Kier molecular flexibility index (Phi) is 4.24. The number of aromatic nitrogens is 3. The summed E-state index contributed by atoms with van der Waals surface area (Å²) in [5.41, 5.74) is 1.04. The summed E-state index contributed by atoms with van der Waals surface area (Å²) in [6.45, 7) is 2.52. The number of amides is 1. The van der Waals surface area contributed by atoms with Crippen LogP contribution in [0.2, 0.25) is 0 Å². The monoisotopic (exact) mass is 324 g/mol. The number of nitrogens with one attached hydrogen (secondary N) is 2. The van der Waals surface area contributed by atoms with Crippen molar-refractivity contribution in [3.8, 4) is 0 Å². The van der Waals surface area contributed by atoms with Crippen LogP contribution in [-0.4, -0.2) is 20.4 Å². The number of fused-ring (bicyclic) bond motifs is 1. The van der Waals surface area contributed by atoms with Gasteiger partial charge in [-0.2, -0.15) is 0 Å². The first-order valence-corrected chi connectivity index (χ1v) is 7.54. The summed E-state index contributed by atoms with van der Waals surface area (Å²) < 4.78 is 1.38. The first-order valence-electron chi connectivity index (χ1n) is 7.54. The number of benzene rings is 1. The summed E-state index contributed by atoms with van der Waals surface area (Å²) in [5.74, 6) is -0.268. The normalized spacial score (nSPS) is 10.7. The molecule has 3 aromatic rings. The molecule has 2 aromatic heterocycles. The van der Waals surface area contributed by atoms with Crippen molar-refractivity contribution in [1.82, 2.24) is 19.9 Å². The molecule has 0 saturated heterocycles. The first kappa shape index (κ1) is 15.7. The van der Waals surface area contributed by atoms with Gasteiger partial charge in [0.25, 0.3) is 5.91 Å². The standard InChI is InChI=1S/C17H16N4O3/c1-2-21-14-6-5-12(8-13(14)20-16(23)17(21)24)15(22)19-10-11-4-3-7-18-9-11/h3-9H,2,10H2,1H3,(H,19,22)(H,20,23). The zero-order valence-electron chi connectivity index (χ0n) is 13.1. The maximum Gasteiger partial charge on any atom is 0.316 e. The molecule has 24 heavy (non-hydrogen) atoms. The Labute approximate surface area is 137 Å². The number of H-pyrrole nitrogens is 1. The number of aromatic amines is 1. The highest BCUT2D eigenvalue weighted by molar-refractivity contribution is 5.97. The van der Waals surface area contributed by atoms with Crippen molar-refractivity contribution in [3.05, 3.63) is 74.6 Å². The molecule has 2 heterocycles. The van der Waals surface area contributed by atoms with Gasteiger partial charge in [0.2, 0.25) is 0 Å². The van der Waals surface area contributed by atoms with Gasteiger partial charge in [0.1, 0.15) is 0 Å². The van der Waals surface area contributed by atoms with Crippen LogP contribution in [-0.2, 0) is 13.1 Å². The molecular weight excluding hydrogens is 308 g/mol. The second kappa shape index (κ2) is 6.49. The van der Waals surface area contributed by atoms with Crippen molar-refractivity contribution in [2.75, 3.05) is 0 Å². The van der Waals surface area contributed by atoms with Crippen LogP contribution < -0.4 is 16.4 Å². The summed E-state index contributed by atoms with van der Waals surface area (Å²) in [6, 6.07) is 8.53. The van der Waals surface area contributed by atoms with E-state index in [9.17, 15) is 14.4 Å². The van der Waals surface area contributed by atoms with E-state index in [0.717, 1.165) is 5.56 Å². The first-order chi connectivity index (χ1) is 11.6. The Bertz CT molecular complexity index is 1010. The minimum atomic E-state index is -0.697. The van der Waals surface area contributed by atoms with Gasteiger partial charge >= 0.3 is 11.1 Å². The molecule has 0 fully saturated rings. The van der Waals surface area contributed by atoms with Gasteiger partial charge in [0.15, 0.2) is 0 Å². The van der Waals surface area contributed by atoms with E-state index in [-0.39, 0.29) is 5.91 Å². The van der Waals surface area contributed by atoms with Gasteiger partial charge in [0, 0.05) is 31.0 Å². The average molecular weight is 324 g/mol. The second-order valence-electron chi connectivity index (χ2n) is 5.28. The number of hydrogen-bond donors (Lipinski definition) is 2. The van der Waals surface area contributed by atoms with Crippen molar-refractivity contribution in [2.45, 2.75) is 20.0 Å². The minimum Gasteiger partial charge on any atom is -0.348 e. The van der Waals surface area contributed by atoms with E-state index in [2.05, 4.69) is 15.3 Å². The highest BCUT2D eigenvalue weighted by atomic mass is 16.2. The average Bonchev–Trinajstić information content (AvgIpc) is 2.61. The number of carbonyl (C=O) groups is 1. The molecule has 0 atom stereocenters. The Morgan fingerprint density at radius 2 is 2.12 bits per heavy atom. The molecular formula is C17H16N4O3. The summed E-state index contributed by atoms with van der Waals surface area (Å²) >= 11 is 0. The van der Waals surface area contributed by atoms with Crippen molar-refractivity contribution in [3.63, 3.8) is 0 Å². The number of carbonyl (C=O) groups excluding carboxylic acids is 1. The largest absolute Gasteiger partial charge is 0.348 e. The molecule has 122 valence electrons. The highest BCUT2D eigenvalue weighted by Crippen LogP contribution is 2.12. The maximum absolute atomic E-state index is 12.3. The molecule has 0 unspecified atom stereocenters. The van der Waals surface area contributed by atoms with Gasteiger partial charge in [0.05, 0.1) is 11.0 Å². The van der Waals surface area contributed by atoms with Crippen LogP contribution in [0.4, 0.5) is 0 Å². The van der Waals surface area contributed by atoms with Crippen molar-refractivity contribution in [1.29, 1.82) is 0 Å². The third-order valence-corrected chi connectivity index (χ3v) is 3.73. The zero-order valence-corrected chi connectivity index (χ0v) is 13.1. The number of aryl methyl sites for hydroxylation is 1. The van der Waals surface area contributed by atoms with E-state index in [1.807, 2.05) is 6.07 Å². The summed E-state index contributed by atoms with van der Waals surface area (Å²) in [5, 5.41) is 2.80. The van der Waals surface area contributed by atoms with Crippen LogP contribution in [0.1, 0.15) is 22.8 Å². The van der Waals surface area contributed by atoms with Crippen LogP contribution in [0.15, 0.2) is 52.3 Å². The molecule has 1 amide bonds. The molecule has 1 aromatic carbocycles. The number of hydrogen-bond acceptors (Lipinski definition) is 4. The topological polar surface area (TPSA) is 96.9 Å². The Morgan fingerprint density at radius 1 is 1.29 bits per heavy atom. The Hall–Kier alpha value is -3.22. The second-order valence-corrected chi connectivity index (χ2v) is 5.28. The molecule has 3 rings (SSSR count). The molecule has 0 saturated carbocycles. The molecule has 0 spiro atoms. The van der Waals surface area contributed by atoms with Crippen LogP contribution >= 0.6 is 0 Å². The summed E-state index contributed by atoms with van der Waals surface area (Å²) in [7, 11) is 0. The predicted molar refractivity (Wildman–Crippen MR) is 89.9 cm³/mol. The third kappa shape index (κ3) is 2.96. The van der Waals surface area contributed by atoms with Gasteiger partial charge in [-0.1, -0.05) is 6.07 Å². The van der Waals surface area contributed by atoms with Crippen LogP contribution in [0.3, 0.4) is 0 Å². The van der Waals surface area contributed by atoms with E-state index in [0.29, 0.717) is 29.7 Å².